The van der Waals surface area contributed by atoms with Gasteiger partial charge in [0.05, 0.1) is 0 Å². The molecule has 0 aliphatic rings. The average molecular weight is 387 g/mol. The van der Waals surface area contributed by atoms with Crippen LogP contribution in [0, 0.1) is 3.57 Å². The fourth-order valence-corrected chi connectivity index (χ4v) is 2.93. The van der Waals surface area contributed by atoms with E-state index in [-0.39, 0.29) is 0 Å². The Hall–Kier alpha value is 0.310. The predicted molar refractivity (Wildman–Crippen MR) is 69.6 cm³/mol. The Kier molecular flexibility index (Phi) is 4.98. The zero-order valence-electron chi connectivity index (χ0n) is 8.71. The molecule has 0 aliphatic carbocycles. The van der Waals surface area contributed by atoms with Gasteiger partial charge in [0.2, 0.25) is 0 Å². The Morgan fingerprint density at radius 2 is 1.60 bits per heavy atom. The summed E-state index contributed by atoms with van der Waals surface area (Å²) in [6, 6.07) is 5.84. The molecule has 0 saturated heterocycles. The van der Waals surface area contributed by atoms with Gasteiger partial charge >= 0.3 is 5.97 Å². The van der Waals surface area contributed by atoms with Crippen molar-refractivity contribution in [3.8, 4) is 0 Å². The van der Waals surface area contributed by atoms with Crippen molar-refractivity contribution in [2.24, 2.45) is 0 Å². The van der Waals surface area contributed by atoms with Gasteiger partial charge in [0.15, 0.2) is 0 Å². The molecule has 0 radical (unpaired) electrons. The first-order valence-electron chi connectivity index (χ1n) is 4.20. The van der Waals surface area contributed by atoms with E-state index in [1.54, 1.807) is 21.3 Å². The third-order valence-corrected chi connectivity index (χ3v) is 3.10. The Labute approximate surface area is 111 Å². The molecule has 0 saturated carbocycles. The van der Waals surface area contributed by atoms with Crippen molar-refractivity contribution in [2.75, 3.05) is 21.3 Å². The molecule has 15 heavy (non-hydrogen) atoms. The SMILES string of the molecule is COC(OC)(OC)c1cc(Br)cc(I)c1. The summed E-state index contributed by atoms with van der Waals surface area (Å²) < 4.78 is 17.8. The first-order chi connectivity index (χ1) is 7.07. The van der Waals surface area contributed by atoms with Gasteiger partial charge in [-0.1, -0.05) is 15.9 Å². The lowest BCUT2D eigenvalue weighted by atomic mass is 10.2. The minimum Gasteiger partial charge on any atom is -0.327 e. The Balaban J connectivity index is 3.22. The van der Waals surface area contributed by atoms with Crippen LogP contribution in [0.4, 0.5) is 0 Å². The molecule has 3 nitrogen and oxygen atoms in total. The van der Waals surface area contributed by atoms with E-state index in [4.69, 9.17) is 14.2 Å². The molecule has 1 rings (SSSR count). The Bertz CT molecular complexity index is 311. The van der Waals surface area contributed by atoms with Crippen LogP contribution in [-0.2, 0) is 20.2 Å². The van der Waals surface area contributed by atoms with Crippen LogP contribution in [0.2, 0.25) is 0 Å². The monoisotopic (exact) mass is 386 g/mol. The largest absolute Gasteiger partial charge is 0.327 e. The highest BCUT2D eigenvalue weighted by Crippen LogP contribution is 2.30. The van der Waals surface area contributed by atoms with E-state index >= 15 is 0 Å². The zero-order chi connectivity index (χ0) is 11.5. The van der Waals surface area contributed by atoms with Crippen LogP contribution in [0.5, 0.6) is 0 Å². The summed E-state index contributed by atoms with van der Waals surface area (Å²) in [5, 5.41) is 0. The molecule has 0 amide bonds. The van der Waals surface area contributed by atoms with Crippen LogP contribution < -0.4 is 0 Å². The van der Waals surface area contributed by atoms with Gasteiger partial charge in [0.25, 0.3) is 0 Å². The summed E-state index contributed by atoms with van der Waals surface area (Å²) in [7, 11) is 4.63. The number of ether oxygens (including phenoxy) is 3. The molecule has 84 valence electrons. The summed E-state index contributed by atoms with van der Waals surface area (Å²) in [6.45, 7) is 0. The highest BCUT2D eigenvalue weighted by molar-refractivity contribution is 14.1. The molecule has 0 bridgehead atoms. The maximum atomic E-state index is 5.26. The molecule has 1 aromatic rings. The van der Waals surface area contributed by atoms with Gasteiger partial charge in [0.1, 0.15) is 0 Å². The van der Waals surface area contributed by atoms with Crippen molar-refractivity contribution in [3.05, 3.63) is 31.8 Å². The van der Waals surface area contributed by atoms with Crippen molar-refractivity contribution < 1.29 is 14.2 Å². The molecule has 0 atom stereocenters. The lowest BCUT2D eigenvalue weighted by molar-refractivity contribution is -0.364. The van der Waals surface area contributed by atoms with Crippen LogP contribution >= 0.6 is 38.5 Å². The number of halogens is 2. The van der Waals surface area contributed by atoms with Crippen molar-refractivity contribution in [2.45, 2.75) is 5.97 Å². The first-order valence-corrected chi connectivity index (χ1v) is 6.07. The second-order valence-electron chi connectivity index (χ2n) is 2.83. The molecular formula is C10H12BrIO3. The van der Waals surface area contributed by atoms with Gasteiger partial charge in [-0.05, 0) is 40.8 Å². The maximum absolute atomic E-state index is 5.26. The van der Waals surface area contributed by atoms with E-state index in [1.807, 2.05) is 18.2 Å². The third-order valence-electron chi connectivity index (χ3n) is 2.02. The summed E-state index contributed by atoms with van der Waals surface area (Å²) in [6.07, 6.45) is 0. The van der Waals surface area contributed by atoms with Crippen LogP contribution in [0.1, 0.15) is 5.56 Å². The molecule has 0 aliphatic heterocycles. The van der Waals surface area contributed by atoms with Crippen molar-refractivity contribution in [1.82, 2.24) is 0 Å². The quantitative estimate of drug-likeness (QED) is 0.587. The van der Waals surface area contributed by atoms with E-state index in [2.05, 4.69) is 38.5 Å². The second-order valence-corrected chi connectivity index (χ2v) is 4.99. The molecule has 0 unspecified atom stereocenters. The van der Waals surface area contributed by atoms with E-state index in [0.717, 1.165) is 13.6 Å². The predicted octanol–water partition coefficient (Wildman–Crippen LogP) is 3.10. The van der Waals surface area contributed by atoms with Gasteiger partial charge in [-0.15, -0.1) is 0 Å². The van der Waals surface area contributed by atoms with Crippen molar-refractivity contribution in [1.29, 1.82) is 0 Å². The van der Waals surface area contributed by atoms with E-state index in [9.17, 15) is 0 Å². The Morgan fingerprint density at radius 3 is 2.00 bits per heavy atom. The van der Waals surface area contributed by atoms with Gasteiger partial charge < -0.3 is 14.2 Å². The zero-order valence-corrected chi connectivity index (χ0v) is 12.5. The molecule has 0 N–H and O–H groups in total. The van der Waals surface area contributed by atoms with E-state index < -0.39 is 5.97 Å². The van der Waals surface area contributed by atoms with Gasteiger partial charge in [-0.25, -0.2) is 0 Å². The minimum absolute atomic E-state index is 0.814. The minimum atomic E-state index is -1.14. The molecular weight excluding hydrogens is 375 g/mol. The highest BCUT2D eigenvalue weighted by Gasteiger charge is 2.32. The molecule has 0 spiro atoms. The molecule has 0 fully saturated rings. The third kappa shape index (κ3) is 2.91. The fourth-order valence-electron chi connectivity index (χ4n) is 1.33. The lowest BCUT2D eigenvalue weighted by Gasteiger charge is -2.29. The van der Waals surface area contributed by atoms with E-state index in [1.165, 1.54) is 0 Å². The topological polar surface area (TPSA) is 27.7 Å². The van der Waals surface area contributed by atoms with Gasteiger partial charge in [0, 0.05) is 34.9 Å². The van der Waals surface area contributed by atoms with Crippen molar-refractivity contribution >= 4 is 38.5 Å². The molecule has 5 heteroatoms. The molecule has 1 aromatic carbocycles. The van der Waals surface area contributed by atoms with Gasteiger partial charge in [-0.3, -0.25) is 0 Å². The fraction of sp³-hybridized carbons (Fsp3) is 0.400. The molecule has 0 heterocycles. The second kappa shape index (κ2) is 5.58. The lowest BCUT2D eigenvalue weighted by Crippen LogP contribution is -2.33. The van der Waals surface area contributed by atoms with Gasteiger partial charge in [-0.2, -0.15) is 0 Å². The van der Waals surface area contributed by atoms with Crippen LogP contribution in [0.25, 0.3) is 0 Å². The number of rotatable bonds is 4. The smallest absolute Gasteiger partial charge is 0.311 e. The highest BCUT2D eigenvalue weighted by atomic mass is 127. The number of hydrogen-bond acceptors (Lipinski definition) is 3. The number of benzene rings is 1. The summed E-state index contributed by atoms with van der Waals surface area (Å²) in [4.78, 5) is 0. The summed E-state index contributed by atoms with van der Waals surface area (Å²) in [5.41, 5.74) is 0.814. The van der Waals surface area contributed by atoms with Crippen LogP contribution in [0.3, 0.4) is 0 Å². The summed E-state index contributed by atoms with van der Waals surface area (Å²) >= 11 is 5.64. The van der Waals surface area contributed by atoms with Crippen LogP contribution in [0.15, 0.2) is 22.7 Å². The number of hydrogen-bond donors (Lipinski definition) is 0. The van der Waals surface area contributed by atoms with Crippen molar-refractivity contribution in [3.63, 3.8) is 0 Å². The number of methoxy groups -OCH3 is 3. The maximum Gasteiger partial charge on any atom is 0.311 e. The Morgan fingerprint density at radius 1 is 1.07 bits per heavy atom. The normalized spacial score (nSPS) is 11.8. The van der Waals surface area contributed by atoms with E-state index in [0.29, 0.717) is 0 Å². The standard InChI is InChI=1S/C10H12BrIO3/c1-13-10(14-2,15-3)7-4-8(11)6-9(12)5-7/h4-6H,1-3H3. The molecule has 0 aromatic heterocycles. The van der Waals surface area contributed by atoms with Crippen LogP contribution in [-0.4, -0.2) is 21.3 Å². The summed E-state index contributed by atoms with van der Waals surface area (Å²) in [5.74, 6) is -1.14. The first kappa shape index (κ1) is 13.4. The average Bonchev–Trinajstić information content (AvgIpc) is 2.20.